The lowest BCUT2D eigenvalue weighted by molar-refractivity contribution is -0.131. The predicted molar refractivity (Wildman–Crippen MR) is 166 cm³/mol. The van der Waals surface area contributed by atoms with E-state index in [-0.39, 0.29) is 35.4 Å². The summed E-state index contributed by atoms with van der Waals surface area (Å²) in [4.78, 5) is 58.5. The van der Waals surface area contributed by atoms with Crippen molar-refractivity contribution in [1.82, 2.24) is 0 Å². The van der Waals surface area contributed by atoms with Gasteiger partial charge in [0.2, 0.25) is 23.6 Å². The van der Waals surface area contributed by atoms with Gasteiger partial charge in [-0.25, -0.2) is 13.7 Å². The number of amides is 4. The number of carbonyl (C=O) groups excluding carboxylic acids is 4. The highest BCUT2D eigenvalue weighted by atomic mass is 127. The van der Waals surface area contributed by atoms with Crippen LogP contribution in [0.2, 0.25) is 5.02 Å². The molecule has 0 aromatic heterocycles. The van der Waals surface area contributed by atoms with Gasteiger partial charge in [0.1, 0.15) is 5.82 Å². The van der Waals surface area contributed by atoms with Crippen LogP contribution in [0.3, 0.4) is 0 Å². The minimum Gasteiger partial charge on any atom is -0.505 e. The third-order valence-corrected chi connectivity index (χ3v) is 10.8. The van der Waals surface area contributed by atoms with Gasteiger partial charge < -0.3 is 5.11 Å². The van der Waals surface area contributed by atoms with Crippen molar-refractivity contribution in [3.8, 4) is 5.75 Å². The summed E-state index contributed by atoms with van der Waals surface area (Å²) < 4.78 is 29.8. The van der Waals surface area contributed by atoms with E-state index in [0.717, 1.165) is 20.6 Å². The number of phenolic OH excluding ortho intramolecular Hbond substituents is 1. The number of imide groups is 2. The minimum atomic E-state index is -1.42. The van der Waals surface area contributed by atoms with Crippen LogP contribution in [-0.2, 0) is 19.2 Å². The lowest BCUT2D eigenvalue weighted by Gasteiger charge is -2.49. The molecule has 6 atom stereocenters. The Labute approximate surface area is 269 Å². The Bertz CT molecular complexity index is 1830. The van der Waals surface area contributed by atoms with Gasteiger partial charge in [0.15, 0.2) is 11.6 Å². The molecule has 3 aromatic rings. The summed E-state index contributed by atoms with van der Waals surface area (Å²) in [6.45, 7) is 1.65. The Kier molecular flexibility index (Phi) is 6.74. The second-order valence-electron chi connectivity index (χ2n) is 12.0. The number of hydrogen-bond donors (Lipinski definition) is 1. The van der Waals surface area contributed by atoms with Crippen molar-refractivity contribution in [1.29, 1.82) is 0 Å². The van der Waals surface area contributed by atoms with Gasteiger partial charge in [-0.15, -0.1) is 0 Å². The van der Waals surface area contributed by atoms with Crippen LogP contribution in [-0.4, -0.2) is 28.7 Å². The normalized spacial score (nSPS) is 29.5. The van der Waals surface area contributed by atoms with Crippen molar-refractivity contribution in [2.45, 2.75) is 25.7 Å². The molecule has 2 heterocycles. The zero-order valence-corrected chi connectivity index (χ0v) is 26.1. The molecule has 1 saturated carbocycles. The molecule has 0 bridgehead atoms. The lowest BCUT2D eigenvalue weighted by atomic mass is 9.51. The fourth-order valence-electron chi connectivity index (χ4n) is 7.81. The van der Waals surface area contributed by atoms with E-state index in [2.05, 4.69) is 22.6 Å². The minimum absolute atomic E-state index is 0.101. The van der Waals surface area contributed by atoms with E-state index in [4.69, 9.17) is 11.6 Å². The average Bonchev–Trinajstić information content (AvgIpc) is 3.36. The summed E-state index contributed by atoms with van der Waals surface area (Å²) in [6, 6.07) is 14.5. The molecule has 7 rings (SSSR count). The molecule has 11 heteroatoms. The fourth-order valence-corrected chi connectivity index (χ4v) is 8.35. The molecule has 4 amide bonds. The molecular formula is C33H24ClF2IN2O5. The first-order valence-corrected chi connectivity index (χ1v) is 15.5. The summed E-state index contributed by atoms with van der Waals surface area (Å²) in [5.74, 6) is -7.81. The third-order valence-electron chi connectivity index (χ3n) is 9.83. The number of carbonyl (C=O) groups is 4. The number of halogens is 4. The molecule has 224 valence electrons. The Morgan fingerprint density at radius 2 is 1.57 bits per heavy atom. The topological polar surface area (TPSA) is 95.0 Å². The maximum Gasteiger partial charge on any atom is 0.241 e. The molecule has 2 aliphatic heterocycles. The number of nitrogens with zero attached hydrogens (tertiary/aromatic N) is 2. The monoisotopic (exact) mass is 728 g/mol. The number of allylic oxidation sites excluding steroid dienone is 2. The Balaban J connectivity index is 1.37. The number of hydrogen-bond acceptors (Lipinski definition) is 5. The molecule has 0 unspecified atom stereocenters. The van der Waals surface area contributed by atoms with Gasteiger partial charge in [-0.05, 0) is 108 Å². The number of fused-ring (bicyclic) bond motifs is 4. The highest BCUT2D eigenvalue weighted by Gasteiger charge is 2.67. The largest absolute Gasteiger partial charge is 0.505 e. The first kappa shape index (κ1) is 29.1. The maximum absolute atomic E-state index is 14.8. The highest BCUT2D eigenvalue weighted by molar-refractivity contribution is 14.1. The highest BCUT2D eigenvalue weighted by Crippen LogP contribution is 2.63. The van der Waals surface area contributed by atoms with E-state index < -0.39 is 64.2 Å². The van der Waals surface area contributed by atoms with Crippen LogP contribution in [0.5, 0.6) is 5.75 Å². The molecule has 4 aliphatic rings. The van der Waals surface area contributed by atoms with Crippen LogP contribution >= 0.6 is 34.2 Å². The Hall–Kier alpha value is -3.64. The summed E-state index contributed by atoms with van der Waals surface area (Å²) in [5, 5.41) is 9.69. The lowest BCUT2D eigenvalue weighted by Crippen LogP contribution is -2.48. The Morgan fingerprint density at radius 3 is 2.25 bits per heavy atom. The van der Waals surface area contributed by atoms with E-state index in [1.807, 2.05) is 18.2 Å². The number of rotatable bonds is 3. The van der Waals surface area contributed by atoms with Crippen molar-refractivity contribution in [2.75, 3.05) is 9.80 Å². The molecule has 3 aromatic carbocycles. The van der Waals surface area contributed by atoms with E-state index in [1.54, 1.807) is 19.1 Å². The van der Waals surface area contributed by atoms with Gasteiger partial charge >= 0.3 is 0 Å². The van der Waals surface area contributed by atoms with E-state index in [9.17, 15) is 33.1 Å². The second-order valence-corrected chi connectivity index (χ2v) is 13.6. The fraction of sp³-hybridized carbons (Fsp3) is 0.273. The smallest absolute Gasteiger partial charge is 0.241 e. The van der Waals surface area contributed by atoms with Crippen molar-refractivity contribution < 1.29 is 33.1 Å². The zero-order chi connectivity index (χ0) is 31.2. The van der Waals surface area contributed by atoms with Gasteiger partial charge in [0.05, 0.1) is 39.6 Å². The van der Waals surface area contributed by atoms with Crippen molar-refractivity contribution >= 4 is 69.2 Å². The van der Waals surface area contributed by atoms with Crippen LogP contribution in [0, 0.1) is 44.3 Å². The standard InChI is InChI=1S/C33H24ClF2IN2O5/c1-33-22(30(42)39(32(33)44)18-7-10-24(35)23(34)13-18)14-21-19(28(33)15-2-11-26(40)25(36)12-15)8-9-20-27(21)31(43)38(29(20)41)17-5-3-16(37)4-6-17/h2-8,10-13,20-22,27-28,40H,9,14H2,1H3/t20-,21+,22-,27-,28-,33+/m0/s1. The second kappa shape index (κ2) is 10.2. The molecule has 0 spiro atoms. The molecule has 44 heavy (non-hydrogen) atoms. The summed E-state index contributed by atoms with van der Waals surface area (Å²) >= 11 is 8.16. The van der Waals surface area contributed by atoms with Crippen molar-refractivity contribution in [3.63, 3.8) is 0 Å². The van der Waals surface area contributed by atoms with Crippen LogP contribution in [0.15, 0.2) is 72.3 Å². The van der Waals surface area contributed by atoms with E-state index >= 15 is 0 Å². The van der Waals surface area contributed by atoms with Crippen LogP contribution in [0.4, 0.5) is 20.2 Å². The average molecular weight is 729 g/mol. The molecule has 3 fully saturated rings. The summed E-state index contributed by atoms with van der Waals surface area (Å²) in [5.41, 5.74) is 0.178. The van der Waals surface area contributed by atoms with Crippen LogP contribution in [0.1, 0.15) is 31.2 Å². The molecule has 7 nitrogen and oxygen atoms in total. The van der Waals surface area contributed by atoms with Crippen molar-refractivity contribution in [2.24, 2.45) is 29.1 Å². The van der Waals surface area contributed by atoms with Gasteiger partial charge in [0, 0.05) is 9.49 Å². The van der Waals surface area contributed by atoms with Crippen molar-refractivity contribution in [3.05, 3.63) is 98.1 Å². The number of benzene rings is 3. The molecule has 2 aliphatic carbocycles. The van der Waals surface area contributed by atoms with E-state index in [0.29, 0.717) is 16.8 Å². The van der Waals surface area contributed by atoms with Crippen LogP contribution < -0.4 is 9.80 Å². The zero-order valence-electron chi connectivity index (χ0n) is 23.1. The number of phenols is 1. The van der Waals surface area contributed by atoms with Crippen LogP contribution in [0.25, 0.3) is 0 Å². The predicted octanol–water partition coefficient (Wildman–Crippen LogP) is 6.36. The first-order valence-electron chi connectivity index (χ1n) is 14.1. The molecule has 0 radical (unpaired) electrons. The molecular weight excluding hydrogens is 705 g/mol. The first-order chi connectivity index (χ1) is 20.9. The Morgan fingerprint density at radius 1 is 0.864 bits per heavy atom. The third kappa shape index (κ3) is 4.02. The molecule has 2 saturated heterocycles. The number of anilines is 2. The van der Waals surface area contributed by atoms with Gasteiger partial charge in [-0.2, -0.15) is 0 Å². The van der Waals surface area contributed by atoms with Gasteiger partial charge in [0.25, 0.3) is 0 Å². The molecule has 1 N–H and O–H groups in total. The summed E-state index contributed by atoms with van der Waals surface area (Å²) in [6.07, 6.45) is 2.20. The quantitative estimate of drug-likeness (QED) is 0.193. The number of aromatic hydroxyl groups is 1. The van der Waals surface area contributed by atoms with E-state index in [1.165, 1.54) is 29.2 Å². The summed E-state index contributed by atoms with van der Waals surface area (Å²) in [7, 11) is 0. The maximum atomic E-state index is 14.8. The van der Waals surface area contributed by atoms with Gasteiger partial charge in [-0.1, -0.05) is 29.3 Å². The SMILES string of the molecule is C[C@@]12C(=O)N(c3ccc(F)c(Cl)c3)C(=O)[C@@H]1C[C@@H]1C(=CC[C@@H]3C(=O)N(c4ccc(I)cc4)C(=O)[C@@H]31)[C@@H]2c1ccc(O)c(F)c1. The van der Waals surface area contributed by atoms with Gasteiger partial charge in [-0.3, -0.25) is 24.1 Å².